The zero-order valence-electron chi connectivity index (χ0n) is 10.1. The first-order valence-electron chi connectivity index (χ1n) is 6.19. The van der Waals surface area contributed by atoms with Gasteiger partial charge in [0.15, 0.2) is 11.6 Å². The fourth-order valence-electron chi connectivity index (χ4n) is 2.31. The van der Waals surface area contributed by atoms with Gasteiger partial charge in [0.2, 0.25) is 0 Å². The van der Waals surface area contributed by atoms with Gasteiger partial charge in [-0.15, -0.1) is 0 Å². The summed E-state index contributed by atoms with van der Waals surface area (Å²) < 4.78 is 0. The number of rotatable bonds is 1. The highest BCUT2D eigenvalue weighted by Crippen LogP contribution is 2.25. The number of fused-ring (bicyclic) bond motifs is 1. The van der Waals surface area contributed by atoms with Gasteiger partial charge in [0.1, 0.15) is 0 Å². The van der Waals surface area contributed by atoms with Crippen molar-refractivity contribution in [1.29, 1.82) is 0 Å². The van der Waals surface area contributed by atoms with Crippen molar-refractivity contribution >= 4 is 22.7 Å². The molecular weight excluding hydrogens is 228 g/mol. The molecule has 0 radical (unpaired) electrons. The summed E-state index contributed by atoms with van der Waals surface area (Å²) in [6, 6.07) is 7.71. The van der Waals surface area contributed by atoms with Crippen LogP contribution in [0.1, 0.15) is 12.8 Å². The van der Waals surface area contributed by atoms with Crippen LogP contribution >= 0.6 is 0 Å². The number of aliphatic hydroxyl groups is 1. The average Bonchev–Trinajstić information content (AvgIpc) is 2.39. The van der Waals surface area contributed by atoms with Gasteiger partial charge in [-0.2, -0.15) is 0 Å². The highest BCUT2D eigenvalue weighted by atomic mass is 16.3. The van der Waals surface area contributed by atoms with E-state index in [1.807, 2.05) is 24.3 Å². The van der Waals surface area contributed by atoms with Crippen LogP contribution in [0.2, 0.25) is 0 Å². The van der Waals surface area contributed by atoms with Crippen LogP contribution in [-0.2, 0) is 0 Å². The number of hydrogen-bond acceptors (Lipinski definition) is 5. The van der Waals surface area contributed by atoms with E-state index in [0.717, 1.165) is 42.8 Å². The number of hydrogen-bond donors (Lipinski definition) is 2. The summed E-state index contributed by atoms with van der Waals surface area (Å²) in [7, 11) is 0. The van der Waals surface area contributed by atoms with Crippen molar-refractivity contribution in [1.82, 2.24) is 9.97 Å². The molecule has 5 nitrogen and oxygen atoms in total. The fourth-order valence-corrected chi connectivity index (χ4v) is 2.31. The maximum atomic E-state index is 9.52. The number of nitrogen functional groups attached to an aromatic ring is 1. The van der Waals surface area contributed by atoms with E-state index in [9.17, 15) is 5.11 Å². The zero-order chi connectivity index (χ0) is 12.5. The normalized spacial score (nSPS) is 17.3. The van der Waals surface area contributed by atoms with Crippen molar-refractivity contribution in [3.05, 3.63) is 24.3 Å². The Hall–Kier alpha value is -1.88. The molecule has 5 heteroatoms. The van der Waals surface area contributed by atoms with E-state index < -0.39 is 0 Å². The quantitative estimate of drug-likeness (QED) is 0.787. The molecule has 0 spiro atoms. The second-order valence-corrected chi connectivity index (χ2v) is 4.64. The molecule has 1 saturated heterocycles. The molecule has 2 aromatic rings. The van der Waals surface area contributed by atoms with Crippen molar-refractivity contribution < 1.29 is 5.11 Å². The highest BCUT2D eigenvalue weighted by Gasteiger charge is 2.20. The Kier molecular flexibility index (Phi) is 2.76. The minimum Gasteiger partial charge on any atom is -0.393 e. The van der Waals surface area contributed by atoms with Crippen LogP contribution in [0.25, 0.3) is 11.0 Å². The first-order valence-corrected chi connectivity index (χ1v) is 6.19. The number of anilines is 2. The zero-order valence-corrected chi connectivity index (χ0v) is 10.1. The van der Waals surface area contributed by atoms with Crippen LogP contribution in [0.15, 0.2) is 24.3 Å². The van der Waals surface area contributed by atoms with E-state index in [1.165, 1.54) is 0 Å². The summed E-state index contributed by atoms with van der Waals surface area (Å²) in [6.07, 6.45) is 1.32. The molecule has 1 fully saturated rings. The third-order valence-electron chi connectivity index (χ3n) is 3.34. The molecule has 0 amide bonds. The summed E-state index contributed by atoms with van der Waals surface area (Å²) in [5.74, 6) is 1.20. The number of para-hydroxylation sites is 2. The number of piperidine rings is 1. The molecular formula is C13H16N4O. The van der Waals surface area contributed by atoms with Crippen molar-refractivity contribution in [2.45, 2.75) is 18.9 Å². The lowest BCUT2D eigenvalue weighted by Crippen LogP contribution is -2.36. The number of aliphatic hydroxyl groups excluding tert-OH is 1. The first-order chi connectivity index (χ1) is 8.74. The molecule has 3 N–H and O–H groups in total. The molecule has 3 rings (SSSR count). The van der Waals surface area contributed by atoms with Crippen LogP contribution in [0, 0.1) is 0 Å². The van der Waals surface area contributed by atoms with Crippen LogP contribution in [-0.4, -0.2) is 34.3 Å². The minimum absolute atomic E-state index is 0.198. The van der Waals surface area contributed by atoms with Gasteiger partial charge in [0, 0.05) is 13.1 Å². The SMILES string of the molecule is Nc1nc2ccccc2nc1N1CCC(O)CC1. The van der Waals surface area contributed by atoms with E-state index >= 15 is 0 Å². The Morgan fingerprint density at radius 2 is 1.72 bits per heavy atom. The molecule has 18 heavy (non-hydrogen) atoms. The highest BCUT2D eigenvalue weighted by molar-refractivity contribution is 5.79. The predicted octanol–water partition coefficient (Wildman–Crippen LogP) is 1.17. The van der Waals surface area contributed by atoms with Gasteiger partial charge in [-0.25, -0.2) is 9.97 Å². The van der Waals surface area contributed by atoms with Gasteiger partial charge in [-0.1, -0.05) is 12.1 Å². The van der Waals surface area contributed by atoms with Gasteiger partial charge >= 0.3 is 0 Å². The van der Waals surface area contributed by atoms with Gasteiger partial charge in [-0.3, -0.25) is 0 Å². The van der Waals surface area contributed by atoms with E-state index in [-0.39, 0.29) is 6.10 Å². The summed E-state index contributed by atoms with van der Waals surface area (Å²) in [5.41, 5.74) is 7.64. The third kappa shape index (κ3) is 1.97. The molecule has 1 aliphatic heterocycles. The lowest BCUT2D eigenvalue weighted by molar-refractivity contribution is 0.145. The molecule has 94 valence electrons. The Balaban J connectivity index is 1.98. The molecule has 0 bridgehead atoms. The Bertz CT molecular complexity index is 564. The molecule has 0 aliphatic carbocycles. The Labute approximate surface area is 105 Å². The monoisotopic (exact) mass is 244 g/mol. The van der Waals surface area contributed by atoms with E-state index in [4.69, 9.17) is 5.73 Å². The summed E-state index contributed by atoms with van der Waals surface area (Å²) in [4.78, 5) is 11.1. The molecule has 1 aromatic carbocycles. The molecule has 2 heterocycles. The number of nitrogens with zero attached hydrogens (tertiary/aromatic N) is 3. The summed E-state index contributed by atoms with van der Waals surface area (Å²) in [6.45, 7) is 1.55. The van der Waals surface area contributed by atoms with Gasteiger partial charge < -0.3 is 15.7 Å². The molecule has 0 saturated carbocycles. The van der Waals surface area contributed by atoms with Crippen molar-refractivity contribution in [3.8, 4) is 0 Å². The maximum absolute atomic E-state index is 9.52. The van der Waals surface area contributed by atoms with Gasteiger partial charge in [0.25, 0.3) is 0 Å². The molecule has 0 atom stereocenters. The number of benzene rings is 1. The molecule has 1 aromatic heterocycles. The van der Waals surface area contributed by atoms with E-state index in [2.05, 4.69) is 14.9 Å². The third-order valence-corrected chi connectivity index (χ3v) is 3.34. The Morgan fingerprint density at radius 3 is 2.39 bits per heavy atom. The second kappa shape index (κ2) is 4.42. The van der Waals surface area contributed by atoms with E-state index in [0.29, 0.717) is 5.82 Å². The lowest BCUT2D eigenvalue weighted by Gasteiger charge is -2.30. The predicted molar refractivity (Wildman–Crippen MR) is 71.4 cm³/mol. The first kappa shape index (κ1) is 11.2. The second-order valence-electron chi connectivity index (χ2n) is 4.64. The maximum Gasteiger partial charge on any atom is 0.172 e. The van der Waals surface area contributed by atoms with Crippen LogP contribution in [0.4, 0.5) is 11.6 Å². The van der Waals surface area contributed by atoms with Gasteiger partial charge in [-0.05, 0) is 25.0 Å². The number of aromatic nitrogens is 2. The fraction of sp³-hybridized carbons (Fsp3) is 0.385. The minimum atomic E-state index is -0.198. The van der Waals surface area contributed by atoms with Gasteiger partial charge in [0.05, 0.1) is 17.1 Å². The van der Waals surface area contributed by atoms with Crippen LogP contribution < -0.4 is 10.6 Å². The van der Waals surface area contributed by atoms with Crippen LogP contribution in [0.3, 0.4) is 0 Å². The average molecular weight is 244 g/mol. The standard InChI is InChI=1S/C13H16N4O/c14-12-13(17-7-5-9(18)6-8-17)16-11-4-2-1-3-10(11)15-12/h1-4,9,18H,5-8H2,(H2,14,15). The summed E-state index contributed by atoms with van der Waals surface area (Å²) >= 11 is 0. The summed E-state index contributed by atoms with van der Waals surface area (Å²) in [5, 5.41) is 9.52. The van der Waals surface area contributed by atoms with Crippen molar-refractivity contribution in [3.63, 3.8) is 0 Å². The van der Waals surface area contributed by atoms with E-state index in [1.54, 1.807) is 0 Å². The lowest BCUT2D eigenvalue weighted by atomic mass is 10.1. The smallest absolute Gasteiger partial charge is 0.172 e. The number of nitrogens with two attached hydrogens (primary N) is 1. The van der Waals surface area contributed by atoms with Crippen molar-refractivity contribution in [2.75, 3.05) is 23.7 Å². The molecule has 1 aliphatic rings. The van der Waals surface area contributed by atoms with Crippen LogP contribution in [0.5, 0.6) is 0 Å². The molecule has 0 unspecified atom stereocenters. The Morgan fingerprint density at radius 1 is 1.11 bits per heavy atom. The van der Waals surface area contributed by atoms with Crippen molar-refractivity contribution in [2.24, 2.45) is 0 Å². The topological polar surface area (TPSA) is 75.3 Å². The largest absolute Gasteiger partial charge is 0.393 e.